The molecule has 0 saturated heterocycles. The number of nitrogens with two attached hydrogens (primary N) is 1. The molecule has 0 radical (unpaired) electrons. The molecule has 0 aliphatic carbocycles. The van der Waals surface area contributed by atoms with E-state index in [9.17, 15) is 0 Å². The van der Waals surface area contributed by atoms with Gasteiger partial charge in [-0.05, 0) is 54.2 Å². The summed E-state index contributed by atoms with van der Waals surface area (Å²) in [6, 6.07) is 2.11. The summed E-state index contributed by atoms with van der Waals surface area (Å²) in [5.41, 5.74) is 8.35. The van der Waals surface area contributed by atoms with Crippen LogP contribution in [-0.4, -0.2) is 18.8 Å². The Kier molecular flexibility index (Phi) is 3.87. The average molecular weight is 314 g/mol. The molecule has 0 aromatic heterocycles. The third-order valence-corrected chi connectivity index (χ3v) is 3.55. The topological polar surface area (TPSA) is 44.5 Å². The molecule has 1 aromatic rings. The Morgan fingerprint density at radius 2 is 1.89 bits per heavy atom. The van der Waals surface area contributed by atoms with E-state index < -0.39 is 0 Å². The molecule has 18 heavy (non-hydrogen) atoms. The van der Waals surface area contributed by atoms with Crippen LogP contribution in [0.4, 0.5) is 0 Å². The Bertz CT molecular complexity index is 452. The van der Waals surface area contributed by atoms with Crippen molar-refractivity contribution in [1.82, 2.24) is 0 Å². The number of ether oxygens (including phenoxy) is 2. The van der Waals surface area contributed by atoms with Crippen molar-refractivity contribution in [3.8, 4) is 11.5 Å². The molecule has 0 atom stereocenters. The van der Waals surface area contributed by atoms with Crippen LogP contribution < -0.4 is 15.2 Å². The van der Waals surface area contributed by atoms with Gasteiger partial charge in [0.2, 0.25) is 0 Å². The van der Waals surface area contributed by atoms with Crippen LogP contribution in [0.2, 0.25) is 0 Å². The second kappa shape index (κ2) is 5.10. The van der Waals surface area contributed by atoms with E-state index in [1.54, 1.807) is 0 Å². The lowest BCUT2D eigenvalue weighted by molar-refractivity contribution is 0.168. The van der Waals surface area contributed by atoms with Gasteiger partial charge in [0.05, 0.1) is 4.47 Å². The summed E-state index contributed by atoms with van der Waals surface area (Å²) in [7, 11) is 0. The molecule has 0 amide bonds. The van der Waals surface area contributed by atoms with Gasteiger partial charge in [-0.2, -0.15) is 0 Å². The molecular weight excluding hydrogens is 294 g/mol. The van der Waals surface area contributed by atoms with Gasteiger partial charge in [-0.3, -0.25) is 0 Å². The first-order chi connectivity index (χ1) is 8.42. The van der Waals surface area contributed by atoms with Crippen LogP contribution in [0.1, 0.15) is 31.9 Å². The molecule has 1 heterocycles. The van der Waals surface area contributed by atoms with E-state index in [1.165, 1.54) is 11.1 Å². The van der Waals surface area contributed by atoms with Gasteiger partial charge in [0, 0.05) is 11.1 Å². The van der Waals surface area contributed by atoms with E-state index in [0.29, 0.717) is 13.2 Å². The minimum atomic E-state index is -0.229. The zero-order valence-electron chi connectivity index (χ0n) is 11.2. The molecule has 3 nitrogen and oxygen atoms in total. The van der Waals surface area contributed by atoms with Crippen molar-refractivity contribution in [1.29, 1.82) is 0 Å². The maximum Gasteiger partial charge on any atom is 0.175 e. The van der Waals surface area contributed by atoms with E-state index in [0.717, 1.165) is 28.8 Å². The largest absolute Gasteiger partial charge is 0.486 e. The summed E-state index contributed by atoms with van der Waals surface area (Å²) in [6.07, 6.45) is 1.75. The van der Waals surface area contributed by atoms with E-state index in [-0.39, 0.29) is 5.54 Å². The first-order valence-electron chi connectivity index (χ1n) is 6.31. The maximum absolute atomic E-state index is 6.13. The number of benzene rings is 1. The molecule has 2 N–H and O–H groups in total. The summed E-state index contributed by atoms with van der Waals surface area (Å²) < 4.78 is 12.4. The molecule has 1 aliphatic rings. The van der Waals surface area contributed by atoms with Crippen LogP contribution in [0.5, 0.6) is 11.5 Å². The van der Waals surface area contributed by atoms with Crippen molar-refractivity contribution >= 4 is 15.9 Å². The molecule has 0 unspecified atom stereocenters. The van der Waals surface area contributed by atoms with E-state index in [1.807, 2.05) is 13.8 Å². The molecule has 0 bridgehead atoms. The zero-order chi connectivity index (χ0) is 13.3. The summed E-state index contributed by atoms with van der Waals surface area (Å²) in [4.78, 5) is 0. The Morgan fingerprint density at radius 3 is 2.44 bits per heavy atom. The van der Waals surface area contributed by atoms with Crippen molar-refractivity contribution in [2.45, 2.75) is 39.2 Å². The van der Waals surface area contributed by atoms with Crippen molar-refractivity contribution in [3.05, 3.63) is 21.7 Å². The highest BCUT2D eigenvalue weighted by Gasteiger charge is 2.24. The smallest absolute Gasteiger partial charge is 0.175 e. The van der Waals surface area contributed by atoms with Crippen LogP contribution in [0, 0.1) is 0 Å². The fourth-order valence-electron chi connectivity index (χ4n) is 2.31. The summed E-state index contributed by atoms with van der Waals surface area (Å²) in [6.45, 7) is 7.43. The van der Waals surface area contributed by atoms with Crippen molar-refractivity contribution < 1.29 is 9.47 Å². The minimum Gasteiger partial charge on any atom is -0.486 e. The average Bonchev–Trinajstić information content (AvgIpc) is 2.27. The lowest BCUT2D eigenvalue weighted by Gasteiger charge is -2.26. The Labute approximate surface area is 117 Å². The molecular formula is C14H20BrNO2. The molecule has 0 fully saturated rings. The second-order valence-corrected chi connectivity index (χ2v) is 6.22. The number of hydrogen-bond acceptors (Lipinski definition) is 3. The Hall–Kier alpha value is -0.740. The van der Waals surface area contributed by atoms with Gasteiger partial charge in [-0.1, -0.05) is 6.92 Å². The summed E-state index contributed by atoms with van der Waals surface area (Å²) >= 11 is 3.56. The fourth-order valence-corrected chi connectivity index (χ4v) is 2.88. The summed E-state index contributed by atoms with van der Waals surface area (Å²) in [5, 5.41) is 0. The van der Waals surface area contributed by atoms with E-state index in [4.69, 9.17) is 15.2 Å². The fraction of sp³-hybridized carbons (Fsp3) is 0.571. The molecule has 1 aromatic carbocycles. The van der Waals surface area contributed by atoms with Gasteiger partial charge in [0.15, 0.2) is 11.5 Å². The van der Waals surface area contributed by atoms with Crippen molar-refractivity contribution in [2.75, 3.05) is 13.2 Å². The van der Waals surface area contributed by atoms with Crippen LogP contribution in [0.25, 0.3) is 0 Å². The van der Waals surface area contributed by atoms with Gasteiger partial charge in [-0.25, -0.2) is 0 Å². The van der Waals surface area contributed by atoms with Gasteiger partial charge in [-0.15, -0.1) is 0 Å². The number of halogens is 1. The number of rotatable bonds is 3. The highest BCUT2D eigenvalue weighted by molar-refractivity contribution is 9.10. The third kappa shape index (κ3) is 2.81. The Morgan fingerprint density at radius 1 is 1.28 bits per heavy atom. The molecule has 0 saturated carbocycles. The van der Waals surface area contributed by atoms with Crippen molar-refractivity contribution in [3.63, 3.8) is 0 Å². The standard InChI is InChI=1S/C14H20BrNO2/c1-4-10-9(8-14(2,3)16)7-11(15)13-12(10)17-5-6-18-13/h7H,4-6,8,16H2,1-3H3. The van der Waals surface area contributed by atoms with Crippen molar-refractivity contribution in [2.24, 2.45) is 5.73 Å². The lowest BCUT2D eigenvalue weighted by Crippen LogP contribution is -2.35. The minimum absolute atomic E-state index is 0.229. The number of fused-ring (bicyclic) bond motifs is 1. The first kappa shape index (κ1) is 13.7. The lowest BCUT2D eigenvalue weighted by atomic mass is 9.91. The molecule has 1 aliphatic heterocycles. The predicted octanol–water partition coefficient (Wildman–Crippen LogP) is 3.06. The SMILES string of the molecule is CCc1c(CC(C)(C)N)cc(Br)c2c1OCCO2. The Balaban J connectivity index is 2.50. The third-order valence-electron chi connectivity index (χ3n) is 2.96. The predicted molar refractivity (Wildman–Crippen MR) is 76.5 cm³/mol. The first-order valence-corrected chi connectivity index (χ1v) is 7.10. The molecule has 4 heteroatoms. The van der Waals surface area contributed by atoms with Crippen LogP contribution in [-0.2, 0) is 12.8 Å². The highest BCUT2D eigenvalue weighted by atomic mass is 79.9. The van der Waals surface area contributed by atoms with Crippen LogP contribution in [0.3, 0.4) is 0 Å². The summed E-state index contributed by atoms with van der Waals surface area (Å²) in [5.74, 6) is 1.72. The molecule has 2 rings (SSSR count). The van der Waals surface area contributed by atoms with Gasteiger partial charge in [0.1, 0.15) is 13.2 Å². The van der Waals surface area contributed by atoms with E-state index in [2.05, 4.69) is 28.9 Å². The van der Waals surface area contributed by atoms with Crippen LogP contribution >= 0.6 is 15.9 Å². The van der Waals surface area contributed by atoms with Gasteiger partial charge in [0.25, 0.3) is 0 Å². The normalized spacial score (nSPS) is 14.7. The molecule has 0 spiro atoms. The van der Waals surface area contributed by atoms with Gasteiger partial charge >= 0.3 is 0 Å². The monoisotopic (exact) mass is 313 g/mol. The number of hydrogen-bond donors (Lipinski definition) is 1. The zero-order valence-corrected chi connectivity index (χ0v) is 12.8. The van der Waals surface area contributed by atoms with Crippen LogP contribution in [0.15, 0.2) is 10.5 Å². The van der Waals surface area contributed by atoms with Gasteiger partial charge < -0.3 is 15.2 Å². The maximum atomic E-state index is 6.13. The second-order valence-electron chi connectivity index (χ2n) is 5.37. The molecule has 100 valence electrons. The van der Waals surface area contributed by atoms with E-state index >= 15 is 0 Å². The highest BCUT2D eigenvalue weighted by Crippen LogP contribution is 2.43. The quantitative estimate of drug-likeness (QED) is 0.932.